The van der Waals surface area contributed by atoms with Crippen LogP contribution in [0.25, 0.3) is 16.7 Å². The molecule has 2 aromatic heterocycles. The normalized spacial score (nSPS) is 11.2. The van der Waals surface area contributed by atoms with Gasteiger partial charge in [0.05, 0.1) is 23.5 Å². The zero-order chi connectivity index (χ0) is 18.6. The van der Waals surface area contributed by atoms with Crippen LogP contribution in [0.3, 0.4) is 0 Å². The van der Waals surface area contributed by atoms with Crippen LogP contribution in [0.15, 0.2) is 72.2 Å². The molecule has 134 valence electrons. The molecule has 0 bridgehead atoms. The standard InChI is InChI=1S/C20H19N7/c1-26(2)16-10-8-15(9-11-16)12-23-25-19-18-13-24-27(20(18)22-14-21-19)17-6-4-3-5-7-17/h3-14H,1-2H3,(H,21,22,25)/b23-12-. The molecular weight excluding hydrogens is 338 g/mol. The molecule has 2 heterocycles. The van der Waals surface area contributed by atoms with Gasteiger partial charge in [-0.3, -0.25) is 5.43 Å². The van der Waals surface area contributed by atoms with Crippen LogP contribution in [-0.2, 0) is 0 Å². The Kier molecular flexibility index (Phi) is 4.49. The summed E-state index contributed by atoms with van der Waals surface area (Å²) >= 11 is 0. The lowest BCUT2D eigenvalue weighted by Gasteiger charge is -2.11. The van der Waals surface area contributed by atoms with Crippen molar-refractivity contribution in [2.45, 2.75) is 0 Å². The highest BCUT2D eigenvalue weighted by atomic mass is 15.3. The fourth-order valence-corrected chi connectivity index (χ4v) is 2.72. The Hall–Kier alpha value is -3.74. The largest absolute Gasteiger partial charge is 0.378 e. The maximum Gasteiger partial charge on any atom is 0.168 e. The lowest BCUT2D eigenvalue weighted by molar-refractivity contribution is 0.895. The Morgan fingerprint density at radius 2 is 1.78 bits per heavy atom. The number of para-hydroxylation sites is 1. The van der Waals surface area contributed by atoms with E-state index in [-0.39, 0.29) is 0 Å². The predicted octanol–water partition coefficient (Wildman–Crippen LogP) is 3.33. The third-order valence-corrected chi connectivity index (χ3v) is 4.16. The number of hydrazone groups is 1. The van der Waals surface area contributed by atoms with Crippen molar-refractivity contribution in [2.75, 3.05) is 24.4 Å². The van der Waals surface area contributed by atoms with Crippen LogP contribution < -0.4 is 10.3 Å². The number of rotatable bonds is 5. The van der Waals surface area contributed by atoms with Crippen LogP contribution in [-0.4, -0.2) is 40.1 Å². The maximum atomic E-state index is 4.44. The van der Waals surface area contributed by atoms with Gasteiger partial charge in [-0.05, 0) is 29.8 Å². The van der Waals surface area contributed by atoms with E-state index < -0.39 is 0 Å². The van der Waals surface area contributed by atoms with Gasteiger partial charge in [-0.1, -0.05) is 30.3 Å². The van der Waals surface area contributed by atoms with Gasteiger partial charge in [-0.2, -0.15) is 10.2 Å². The van der Waals surface area contributed by atoms with Gasteiger partial charge in [0.15, 0.2) is 11.5 Å². The van der Waals surface area contributed by atoms with E-state index in [0.29, 0.717) is 5.82 Å². The second kappa shape index (κ2) is 7.25. The molecule has 2 aromatic carbocycles. The van der Waals surface area contributed by atoms with Gasteiger partial charge in [0.1, 0.15) is 6.33 Å². The number of nitrogens with one attached hydrogen (secondary N) is 1. The molecule has 0 fully saturated rings. The third kappa shape index (κ3) is 3.48. The summed E-state index contributed by atoms with van der Waals surface area (Å²) in [6.07, 6.45) is 5.01. The van der Waals surface area contributed by atoms with Crippen LogP contribution >= 0.6 is 0 Å². The summed E-state index contributed by atoms with van der Waals surface area (Å²) in [4.78, 5) is 10.7. The van der Waals surface area contributed by atoms with Crippen molar-refractivity contribution in [3.63, 3.8) is 0 Å². The topological polar surface area (TPSA) is 71.2 Å². The Bertz CT molecular complexity index is 1070. The van der Waals surface area contributed by atoms with Gasteiger partial charge in [0.2, 0.25) is 0 Å². The average Bonchev–Trinajstić information content (AvgIpc) is 3.14. The molecule has 0 amide bonds. The smallest absolute Gasteiger partial charge is 0.168 e. The number of aromatic nitrogens is 4. The van der Waals surface area contributed by atoms with E-state index in [1.165, 1.54) is 6.33 Å². The molecule has 0 radical (unpaired) electrons. The van der Waals surface area contributed by atoms with Crippen molar-refractivity contribution in [1.29, 1.82) is 0 Å². The molecule has 4 rings (SSSR count). The van der Waals surface area contributed by atoms with E-state index in [0.717, 1.165) is 28.0 Å². The summed E-state index contributed by atoms with van der Waals surface area (Å²) in [6.45, 7) is 0. The number of anilines is 2. The van der Waals surface area contributed by atoms with Crippen LogP contribution in [0.4, 0.5) is 11.5 Å². The second-order valence-electron chi connectivity index (χ2n) is 6.21. The minimum Gasteiger partial charge on any atom is -0.378 e. The van der Waals surface area contributed by atoms with Gasteiger partial charge in [0, 0.05) is 19.8 Å². The number of fused-ring (bicyclic) bond motifs is 1. The average molecular weight is 357 g/mol. The van der Waals surface area contributed by atoms with E-state index in [1.54, 1.807) is 17.1 Å². The van der Waals surface area contributed by atoms with Crippen molar-refractivity contribution in [1.82, 2.24) is 19.7 Å². The second-order valence-corrected chi connectivity index (χ2v) is 6.21. The molecule has 0 spiro atoms. The molecular formula is C20H19N7. The summed E-state index contributed by atoms with van der Waals surface area (Å²) in [7, 11) is 4.03. The van der Waals surface area contributed by atoms with Gasteiger partial charge in [-0.15, -0.1) is 0 Å². The van der Waals surface area contributed by atoms with Crippen LogP contribution in [0.2, 0.25) is 0 Å². The Morgan fingerprint density at radius 3 is 2.52 bits per heavy atom. The number of hydrogen-bond donors (Lipinski definition) is 1. The lowest BCUT2D eigenvalue weighted by atomic mass is 10.2. The van der Waals surface area contributed by atoms with Crippen LogP contribution in [0.1, 0.15) is 5.56 Å². The Labute approximate surface area is 157 Å². The first-order valence-corrected chi connectivity index (χ1v) is 8.53. The molecule has 0 saturated carbocycles. The number of hydrogen-bond acceptors (Lipinski definition) is 6. The predicted molar refractivity (Wildman–Crippen MR) is 109 cm³/mol. The van der Waals surface area contributed by atoms with Gasteiger partial charge >= 0.3 is 0 Å². The fraction of sp³-hybridized carbons (Fsp3) is 0.100. The van der Waals surface area contributed by atoms with E-state index in [1.807, 2.05) is 68.7 Å². The van der Waals surface area contributed by atoms with Gasteiger partial charge in [-0.25, -0.2) is 14.6 Å². The summed E-state index contributed by atoms with van der Waals surface area (Å²) in [6, 6.07) is 18.0. The monoisotopic (exact) mass is 357 g/mol. The highest BCUT2D eigenvalue weighted by Gasteiger charge is 2.10. The first-order chi connectivity index (χ1) is 13.2. The summed E-state index contributed by atoms with van der Waals surface area (Å²) < 4.78 is 1.78. The van der Waals surface area contributed by atoms with Gasteiger partial charge in [0.25, 0.3) is 0 Å². The fourth-order valence-electron chi connectivity index (χ4n) is 2.72. The minimum atomic E-state index is 0.614. The van der Waals surface area contributed by atoms with E-state index in [4.69, 9.17) is 0 Å². The van der Waals surface area contributed by atoms with Crippen LogP contribution in [0.5, 0.6) is 0 Å². The molecule has 4 aromatic rings. The van der Waals surface area contributed by atoms with E-state index in [9.17, 15) is 0 Å². The SMILES string of the molecule is CN(C)c1ccc(/C=N\Nc2ncnc3c2cnn3-c2ccccc2)cc1. The molecule has 27 heavy (non-hydrogen) atoms. The first-order valence-electron chi connectivity index (χ1n) is 8.53. The van der Waals surface area contributed by atoms with Gasteiger partial charge < -0.3 is 4.90 Å². The molecule has 7 nitrogen and oxygen atoms in total. The van der Waals surface area contributed by atoms with Crippen molar-refractivity contribution < 1.29 is 0 Å². The molecule has 0 aliphatic rings. The molecule has 0 aliphatic heterocycles. The van der Waals surface area contributed by atoms with Crippen molar-refractivity contribution in [3.8, 4) is 5.69 Å². The molecule has 0 atom stereocenters. The summed E-state index contributed by atoms with van der Waals surface area (Å²) in [5.74, 6) is 0.614. The highest BCUT2D eigenvalue weighted by molar-refractivity contribution is 5.88. The van der Waals surface area contributed by atoms with Crippen molar-refractivity contribution in [3.05, 3.63) is 72.7 Å². The molecule has 0 aliphatic carbocycles. The number of benzene rings is 2. The molecule has 7 heteroatoms. The quantitative estimate of drug-likeness (QED) is 0.438. The number of nitrogens with zero attached hydrogens (tertiary/aromatic N) is 6. The lowest BCUT2D eigenvalue weighted by Crippen LogP contribution is -2.08. The van der Waals surface area contributed by atoms with Crippen molar-refractivity contribution in [2.24, 2.45) is 5.10 Å². The Balaban J connectivity index is 1.57. The highest BCUT2D eigenvalue weighted by Crippen LogP contribution is 2.21. The third-order valence-electron chi connectivity index (χ3n) is 4.16. The van der Waals surface area contributed by atoms with Crippen molar-refractivity contribution >= 4 is 28.8 Å². The molecule has 0 unspecified atom stereocenters. The maximum absolute atomic E-state index is 4.44. The minimum absolute atomic E-state index is 0.614. The van der Waals surface area contributed by atoms with E-state index in [2.05, 4.69) is 30.5 Å². The summed E-state index contributed by atoms with van der Waals surface area (Å²) in [5, 5.41) is 9.55. The summed E-state index contributed by atoms with van der Waals surface area (Å²) in [5.41, 5.74) is 6.81. The van der Waals surface area contributed by atoms with Crippen LogP contribution in [0, 0.1) is 0 Å². The zero-order valence-electron chi connectivity index (χ0n) is 15.1. The Morgan fingerprint density at radius 1 is 1.00 bits per heavy atom. The van der Waals surface area contributed by atoms with E-state index >= 15 is 0 Å². The molecule has 0 saturated heterocycles. The first kappa shape index (κ1) is 16.7. The molecule has 1 N–H and O–H groups in total. The zero-order valence-corrected chi connectivity index (χ0v) is 15.1.